The van der Waals surface area contributed by atoms with Crippen LogP contribution in [0.1, 0.15) is 11.7 Å². The van der Waals surface area contributed by atoms with Crippen LogP contribution in [-0.4, -0.2) is 29.4 Å². The van der Waals surface area contributed by atoms with Crippen LogP contribution in [0, 0.1) is 5.82 Å². The molecule has 2 aromatic rings. The van der Waals surface area contributed by atoms with Crippen molar-refractivity contribution in [3.05, 3.63) is 47.8 Å². The molecule has 2 rings (SSSR count). The molecular formula is C14H13FO4. The maximum atomic E-state index is 13.6. The second-order valence-electron chi connectivity index (χ2n) is 4.10. The maximum Gasteiger partial charge on any atom is 0.337 e. The fraction of sp³-hybridized carbons (Fsp3) is 0.214. The monoisotopic (exact) mass is 264 g/mol. The number of fused-ring (bicyclic) bond motifs is 1. The third-order valence-corrected chi connectivity index (χ3v) is 2.96. The Morgan fingerprint density at radius 2 is 1.79 bits per heavy atom. The molecule has 0 aliphatic heterocycles. The molecule has 0 saturated heterocycles. The van der Waals surface area contributed by atoms with E-state index in [-0.39, 0.29) is 5.56 Å². The summed E-state index contributed by atoms with van der Waals surface area (Å²) in [5.74, 6) is -1.37. The van der Waals surface area contributed by atoms with E-state index < -0.39 is 24.0 Å². The van der Waals surface area contributed by atoms with Gasteiger partial charge in [-0.25, -0.2) is 9.18 Å². The molecule has 2 unspecified atom stereocenters. The number of esters is 1. The number of aliphatic hydroxyl groups is 2. The van der Waals surface area contributed by atoms with E-state index in [1.807, 2.05) is 0 Å². The Labute approximate surface area is 109 Å². The summed E-state index contributed by atoms with van der Waals surface area (Å²) in [7, 11) is 1.11. The molecule has 2 aromatic carbocycles. The van der Waals surface area contributed by atoms with E-state index >= 15 is 0 Å². The summed E-state index contributed by atoms with van der Waals surface area (Å²) >= 11 is 0. The van der Waals surface area contributed by atoms with Gasteiger partial charge in [0.1, 0.15) is 11.9 Å². The van der Waals surface area contributed by atoms with Crippen molar-refractivity contribution >= 4 is 16.7 Å². The molecule has 0 bridgehead atoms. The van der Waals surface area contributed by atoms with E-state index in [0.29, 0.717) is 10.8 Å². The van der Waals surface area contributed by atoms with E-state index in [9.17, 15) is 19.4 Å². The molecule has 4 nitrogen and oxygen atoms in total. The lowest BCUT2D eigenvalue weighted by Gasteiger charge is -2.18. The van der Waals surface area contributed by atoms with Crippen LogP contribution in [0.25, 0.3) is 10.8 Å². The number of aliphatic hydroxyl groups excluding tert-OH is 2. The summed E-state index contributed by atoms with van der Waals surface area (Å²) < 4.78 is 18.0. The van der Waals surface area contributed by atoms with E-state index in [2.05, 4.69) is 4.74 Å². The number of ether oxygens (including phenoxy) is 1. The highest BCUT2D eigenvalue weighted by Crippen LogP contribution is 2.28. The Balaban J connectivity index is 2.51. The zero-order valence-corrected chi connectivity index (χ0v) is 10.2. The molecule has 100 valence electrons. The van der Waals surface area contributed by atoms with Gasteiger partial charge >= 0.3 is 5.97 Å². The van der Waals surface area contributed by atoms with Gasteiger partial charge in [-0.15, -0.1) is 0 Å². The molecule has 0 heterocycles. The molecular weight excluding hydrogens is 251 g/mol. The summed E-state index contributed by atoms with van der Waals surface area (Å²) in [5.41, 5.74) is 0.273. The molecule has 0 spiro atoms. The molecule has 0 fully saturated rings. The second-order valence-corrected chi connectivity index (χ2v) is 4.10. The van der Waals surface area contributed by atoms with Gasteiger partial charge in [-0.1, -0.05) is 30.3 Å². The highest BCUT2D eigenvalue weighted by atomic mass is 19.1. The lowest BCUT2D eigenvalue weighted by Crippen LogP contribution is -2.29. The summed E-state index contributed by atoms with van der Waals surface area (Å²) in [6.45, 7) is 0. The van der Waals surface area contributed by atoms with Crippen LogP contribution in [0.5, 0.6) is 0 Å². The van der Waals surface area contributed by atoms with Crippen LogP contribution in [0.3, 0.4) is 0 Å². The summed E-state index contributed by atoms with van der Waals surface area (Å²) in [4.78, 5) is 11.2. The normalized spacial score (nSPS) is 14.1. The standard InChI is InChI=1S/C14H13FO4/c1-19-14(18)13(17)12(16)10-6-7-11(15)9-5-3-2-4-8(9)10/h2-7,12-13,16-17H,1H3. The van der Waals surface area contributed by atoms with Crippen molar-refractivity contribution in [1.82, 2.24) is 0 Å². The lowest BCUT2D eigenvalue weighted by atomic mass is 9.97. The molecule has 0 amide bonds. The number of hydrogen-bond acceptors (Lipinski definition) is 4. The number of carbonyl (C=O) groups excluding carboxylic acids is 1. The molecule has 5 heteroatoms. The van der Waals surface area contributed by atoms with E-state index in [0.717, 1.165) is 7.11 Å². The largest absolute Gasteiger partial charge is 0.467 e. The minimum absolute atomic E-state index is 0.273. The second kappa shape index (κ2) is 5.34. The molecule has 0 saturated carbocycles. The van der Waals surface area contributed by atoms with Crippen molar-refractivity contribution in [1.29, 1.82) is 0 Å². The van der Waals surface area contributed by atoms with Crippen LogP contribution < -0.4 is 0 Å². The molecule has 0 radical (unpaired) electrons. The van der Waals surface area contributed by atoms with Crippen molar-refractivity contribution in [2.45, 2.75) is 12.2 Å². The van der Waals surface area contributed by atoms with Gasteiger partial charge in [0.2, 0.25) is 0 Å². The van der Waals surface area contributed by atoms with E-state index in [1.165, 1.54) is 12.1 Å². The Morgan fingerprint density at radius 3 is 2.42 bits per heavy atom. The minimum atomic E-state index is -1.71. The van der Waals surface area contributed by atoms with Gasteiger partial charge in [-0.2, -0.15) is 0 Å². The summed E-state index contributed by atoms with van der Waals surface area (Å²) in [6.07, 6.45) is -3.18. The number of halogens is 1. The lowest BCUT2D eigenvalue weighted by molar-refractivity contribution is -0.156. The smallest absolute Gasteiger partial charge is 0.337 e. The Morgan fingerprint density at radius 1 is 1.16 bits per heavy atom. The van der Waals surface area contributed by atoms with Gasteiger partial charge in [0.05, 0.1) is 7.11 Å². The molecule has 19 heavy (non-hydrogen) atoms. The van der Waals surface area contributed by atoms with Gasteiger partial charge in [0.15, 0.2) is 6.10 Å². The first-order valence-corrected chi connectivity index (χ1v) is 5.67. The van der Waals surface area contributed by atoms with Gasteiger partial charge in [-0.3, -0.25) is 0 Å². The average molecular weight is 264 g/mol. The van der Waals surface area contributed by atoms with Crippen LogP contribution in [-0.2, 0) is 9.53 Å². The van der Waals surface area contributed by atoms with Gasteiger partial charge in [0.25, 0.3) is 0 Å². The number of hydrogen-bond donors (Lipinski definition) is 2. The number of carbonyl (C=O) groups is 1. The topological polar surface area (TPSA) is 66.8 Å². The third-order valence-electron chi connectivity index (χ3n) is 2.96. The first-order chi connectivity index (χ1) is 9.06. The SMILES string of the molecule is COC(=O)C(O)C(O)c1ccc(F)c2ccccc12. The number of methoxy groups -OCH3 is 1. The van der Waals surface area contributed by atoms with Crippen molar-refractivity contribution < 1.29 is 24.1 Å². The highest BCUT2D eigenvalue weighted by Gasteiger charge is 2.27. The quantitative estimate of drug-likeness (QED) is 0.825. The first-order valence-electron chi connectivity index (χ1n) is 5.67. The highest BCUT2D eigenvalue weighted by molar-refractivity contribution is 5.87. The van der Waals surface area contributed by atoms with Crippen molar-refractivity contribution in [2.75, 3.05) is 7.11 Å². The average Bonchev–Trinajstić information content (AvgIpc) is 2.45. The Kier molecular flexibility index (Phi) is 3.78. The number of benzene rings is 2. The molecule has 0 aliphatic rings. The zero-order valence-electron chi connectivity index (χ0n) is 10.2. The predicted octanol–water partition coefficient (Wildman–Crippen LogP) is 1.55. The number of rotatable bonds is 3. The van der Waals surface area contributed by atoms with E-state index in [1.54, 1.807) is 24.3 Å². The summed E-state index contributed by atoms with van der Waals surface area (Å²) in [5, 5.41) is 20.4. The Bertz CT molecular complexity index is 611. The van der Waals surface area contributed by atoms with Crippen molar-refractivity contribution in [3.63, 3.8) is 0 Å². The predicted molar refractivity (Wildman–Crippen MR) is 66.9 cm³/mol. The van der Waals surface area contributed by atoms with Crippen molar-refractivity contribution in [2.24, 2.45) is 0 Å². The molecule has 2 atom stereocenters. The molecule has 0 aliphatic carbocycles. The van der Waals surface area contributed by atoms with Gasteiger partial charge in [-0.05, 0) is 17.0 Å². The Hall–Kier alpha value is -1.98. The third kappa shape index (κ3) is 2.43. The zero-order chi connectivity index (χ0) is 14.0. The first kappa shape index (κ1) is 13.5. The van der Waals surface area contributed by atoms with Crippen LogP contribution in [0.2, 0.25) is 0 Å². The maximum absolute atomic E-state index is 13.6. The van der Waals surface area contributed by atoms with Crippen molar-refractivity contribution in [3.8, 4) is 0 Å². The fourth-order valence-corrected chi connectivity index (χ4v) is 1.96. The van der Waals surface area contributed by atoms with Crippen LogP contribution in [0.4, 0.5) is 4.39 Å². The van der Waals surface area contributed by atoms with Crippen LogP contribution in [0.15, 0.2) is 36.4 Å². The summed E-state index contributed by atoms with van der Waals surface area (Å²) in [6, 6.07) is 9.05. The van der Waals surface area contributed by atoms with Gasteiger partial charge in [0, 0.05) is 5.39 Å². The van der Waals surface area contributed by atoms with Gasteiger partial charge < -0.3 is 14.9 Å². The molecule has 2 N–H and O–H groups in total. The molecule has 0 aromatic heterocycles. The van der Waals surface area contributed by atoms with E-state index in [4.69, 9.17) is 0 Å². The van der Waals surface area contributed by atoms with Crippen LogP contribution >= 0.6 is 0 Å². The fourth-order valence-electron chi connectivity index (χ4n) is 1.96. The minimum Gasteiger partial charge on any atom is -0.467 e.